The molecule has 3 aromatic rings. The zero-order valence-corrected chi connectivity index (χ0v) is 10.6. The van der Waals surface area contributed by atoms with Gasteiger partial charge in [0.1, 0.15) is 11.4 Å². The van der Waals surface area contributed by atoms with E-state index in [-0.39, 0.29) is 5.62 Å². The van der Waals surface area contributed by atoms with Crippen LogP contribution in [0.15, 0.2) is 60.7 Å². The number of hydrogen-bond acceptors (Lipinski definition) is 4. The quantitative estimate of drug-likeness (QED) is 0.697. The van der Waals surface area contributed by atoms with Crippen molar-refractivity contribution in [1.82, 2.24) is 14.9 Å². The van der Waals surface area contributed by atoms with Gasteiger partial charge in [-0.3, -0.25) is 5.41 Å². The predicted octanol–water partition coefficient (Wildman–Crippen LogP) is 2.33. The average molecular weight is 264 g/mol. The first kappa shape index (κ1) is 12.1. The molecule has 0 saturated heterocycles. The second-order valence-electron chi connectivity index (χ2n) is 4.25. The Balaban J connectivity index is 2.29. The molecule has 2 aromatic carbocycles. The van der Waals surface area contributed by atoms with Crippen molar-refractivity contribution in [2.45, 2.75) is 0 Å². The molecule has 0 amide bonds. The van der Waals surface area contributed by atoms with Crippen molar-refractivity contribution in [2.24, 2.45) is 0 Å². The molecule has 0 radical (unpaired) electrons. The number of nitrogens with zero attached hydrogens (tertiary/aromatic N) is 3. The third-order valence-corrected chi connectivity index (χ3v) is 2.92. The highest BCUT2D eigenvalue weighted by Crippen LogP contribution is 2.26. The molecule has 0 aliphatic heterocycles. The van der Waals surface area contributed by atoms with Crippen LogP contribution >= 0.6 is 0 Å². The van der Waals surface area contributed by atoms with E-state index in [0.717, 1.165) is 11.1 Å². The second-order valence-corrected chi connectivity index (χ2v) is 4.25. The molecule has 20 heavy (non-hydrogen) atoms. The number of benzene rings is 2. The zero-order chi connectivity index (χ0) is 13.9. The van der Waals surface area contributed by atoms with E-state index in [1.54, 1.807) is 0 Å². The van der Waals surface area contributed by atoms with Crippen LogP contribution in [-0.2, 0) is 0 Å². The lowest BCUT2D eigenvalue weighted by molar-refractivity contribution is 0.126. The van der Waals surface area contributed by atoms with Crippen molar-refractivity contribution in [3.05, 3.63) is 66.3 Å². The number of nitrogens with one attached hydrogen (secondary N) is 1. The number of rotatable bonds is 2. The van der Waals surface area contributed by atoms with E-state index >= 15 is 0 Å². The fourth-order valence-corrected chi connectivity index (χ4v) is 1.98. The summed E-state index contributed by atoms with van der Waals surface area (Å²) in [6, 6.07) is 19.0. The molecule has 0 aliphatic carbocycles. The van der Waals surface area contributed by atoms with E-state index in [1.165, 1.54) is 0 Å². The summed E-state index contributed by atoms with van der Waals surface area (Å²) in [5.74, 6) is 0. The molecule has 0 atom stereocenters. The van der Waals surface area contributed by atoms with Gasteiger partial charge in [0.05, 0.1) is 0 Å². The molecule has 0 spiro atoms. The largest absolute Gasteiger partial charge is 0.409 e. The van der Waals surface area contributed by atoms with Gasteiger partial charge in [0.15, 0.2) is 0 Å². The lowest BCUT2D eigenvalue weighted by Gasteiger charge is -2.09. The van der Waals surface area contributed by atoms with Crippen molar-refractivity contribution in [2.75, 3.05) is 0 Å². The van der Waals surface area contributed by atoms with Crippen LogP contribution < -0.4 is 5.62 Å². The molecule has 0 unspecified atom stereocenters. The summed E-state index contributed by atoms with van der Waals surface area (Å²) in [6.45, 7) is 0. The van der Waals surface area contributed by atoms with Crippen LogP contribution in [0.1, 0.15) is 0 Å². The second kappa shape index (κ2) is 4.97. The van der Waals surface area contributed by atoms with Gasteiger partial charge in [-0.1, -0.05) is 65.5 Å². The molecule has 98 valence electrons. The van der Waals surface area contributed by atoms with Crippen LogP contribution in [-0.4, -0.2) is 20.1 Å². The van der Waals surface area contributed by atoms with E-state index in [1.807, 2.05) is 60.7 Å². The lowest BCUT2D eigenvalue weighted by Crippen LogP contribution is -2.25. The highest BCUT2D eigenvalue weighted by atomic mass is 16.5. The van der Waals surface area contributed by atoms with E-state index in [9.17, 15) is 5.21 Å². The molecule has 0 saturated carbocycles. The summed E-state index contributed by atoms with van der Waals surface area (Å²) in [7, 11) is 0. The van der Waals surface area contributed by atoms with Gasteiger partial charge >= 0.3 is 0 Å². The highest BCUT2D eigenvalue weighted by molar-refractivity contribution is 5.77. The van der Waals surface area contributed by atoms with Gasteiger partial charge in [0.25, 0.3) is 5.62 Å². The van der Waals surface area contributed by atoms with Crippen LogP contribution in [0.2, 0.25) is 0 Å². The molecule has 5 heteroatoms. The maximum atomic E-state index is 9.59. The van der Waals surface area contributed by atoms with Crippen LogP contribution in [0, 0.1) is 5.41 Å². The lowest BCUT2D eigenvalue weighted by atomic mass is 10.0. The third-order valence-electron chi connectivity index (χ3n) is 2.92. The van der Waals surface area contributed by atoms with Gasteiger partial charge in [-0.15, -0.1) is 5.10 Å². The smallest absolute Gasteiger partial charge is 0.277 e. The summed E-state index contributed by atoms with van der Waals surface area (Å²) >= 11 is 0. The minimum absolute atomic E-state index is 0.302. The Kier molecular flexibility index (Phi) is 3.01. The van der Waals surface area contributed by atoms with Gasteiger partial charge < -0.3 is 5.21 Å². The van der Waals surface area contributed by atoms with Crippen LogP contribution in [0.25, 0.3) is 22.5 Å². The standard InChI is InChI=1S/C15H12N4O/c16-15-17-13(11-7-3-1-4-8-11)14(18-19(15)20)12-9-5-2-6-10-12/h1-10,16,20H. The maximum absolute atomic E-state index is 9.59. The number of hydrogen-bond donors (Lipinski definition) is 2. The van der Waals surface area contributed by atoms with Gasteiger partial charge in [0.2, 0.25) is 0 Å². The Morgan fingerprint density at radius 3 is 1.85 bits per heavy atom. The fraction of sp³-hybridized carbons (Fsp3) is 0. The van der Waals surface area contributed by atoms with Crippen molar-refractivity contribution < 1.29 is 5.21 Å². The van der Waals surface area contributed by atoms with Crippen molar-refractivity contribution in [1.29, 1.82) is 5.41 Å². The summed E-state index contributed by atoms with van der Waals surface area (Å²) in [6.07, 6.45) is 0. The molecule has 3 rings (SSSR count). The Morgan fingerprint density at radius 1 is 0.800 bits per heavy atom. The Hall–Kier alpha value is -2.95. The first-order valence-corrected chi connectivity index (χ1v) is 6.12. The minimum atomic E-state index is -0.302. The van der Waals surface area contributed by atoms with Crippen LogP contribution in [0.3, 0.4) is 0 Å². The topological polar surface area (TPSA) is 74.8 Å². The average Bonchev–Trinajstić information content (AvgIpc) is 2.51. The van der Waals surface area contributed by atoms with Crippen LogP contribution in [0.4, 0.5) is 0 Å². The first-order valence-electron chi connectivity index (χ1n) is 6.12. The third kappa shape index (κ3) is 2.16. The summed E-state index contributed by atoms with van der Waals surface area (Å²) in [5.41, 5.74) is 2.50. The number of aromatic nitrogens is 3. The molecular weight excluding hydrogens is 252 g/mol. The van der Waals surface area contributed by atoms with Crippen LogP contribution in [0.5, 0.6) is 0 Å². The van der Waals surface area contributed by atoms with Gasteiger partial charge in [0, 0.05) is 11.1 Å². The fourth-order valence-electron chi connectivity index (χ4n) is 1.98. The van der Waals surface area contributed by atoms with E-state index < -0.39 is 0 Å². The monoisotopic (exact) mass is 264 g/mol. The highest BCUT2D eigenvalue weighted by Gasteiger charge is 2.12. The van der Waals surface area contributed by atoms with E-state index in [0.29, 0.717) is 16.2 Å². The maximum Gasteiger partial charge on any atom is 0.277 e. The summed E-state index contributed by atoms with van der Waals surface area (Å²) in [5, 5.41) is 21.2. The predicted molar refractivity (Wildman–Crippen MR) is 73.9 cm³/mol. The Labute approximate surface area is 115 Å². The zero-order valence-electron chi connectivity index (χ0n) is 10.6. The van der Waals surface area contributed by atoms with Crippen molar-refractivity contribution in [3.8, 4) is 22.5 Å². The molecule has 2 N–H and O–H groups in total. The van der Waals surface area contributed by atoms with E-state index in [2.05, 4.69) is 10.1 Å². The van der Waals surface area contributed by atoms with E-state index in [4.69, 9.17) is 5.41 Å². The Morgan fingerprint density at radius 2 is 1.30 bits per heavy atom. The van der Waals surface area contributed by atoms with Gasteiger partial charge in [-0.2, -0.15) is 0 Å². The minimum Gasteiger partial charge on any atom is -0.409 e. The molecule has 5 nitrogen and oxygen atoms in total. The molecule has 1 aromatic heterocycles. The molecule has 0 fully saturated rings. The summed E-state index contributed by atoms with van der Waals surface area (Å²) in [4.78, 5) is 4.62. The SMILES string of the molecule is N=c1nc(-c2ccccc2)c(-c2ccccc2)nn1O. The molecular formula is C15H12N4O. The van der Waals surface area contributed by atoms with Gasteiger partial charge in [-0.25, -0.2) is 4.98 Å². The first-order chi connectivity index (χ1) is 9.75. The normalized spacial score (nSPS) is 10.4. The summed E-state index contributed by atoms with van der Waals surface area (Å²) < 4.78 is 0. The van der Waals surface area contributed by atoms with Crippen molar-refractivity contribution >= 4 is 0 Å². The Bertz CT molecular complexity index is 782. The molecule has 0 bridgehead atoms. The molecule has 1 heterocycles. The molecule has 0 aliphatic rings. The van der Waals surface area contributed by atoms with Crippen molar-refractivity contribution in [3.63, 3.8) is 0 Å². The van der Waals surface area contributed by atoms with Gasteiger partial charge in [-0.05, 0) is 0 Å².